The first-order valence-corrected chi connectivity index (χ1v) is 7.87. The molecule has 0 bridgehead atoms. The molecule has 2 aromatic carbocycles. The highest BCUT2D eigenvalue weighted by Gasteiger charge is 2.07. The van der Waals surface area contributed by atoms with Crippen LogP contribution in [0.4, 0.5) is 0 Å². The van der Waals surface area contributed by atoms with Crippen LogP contribution in [0, 0.1) is 6.92 Å². The summed E-state index contributed by atoms with van der Waals surface area (Å²) in [6.45, 7) is 9.15. The van der Waals surface area contributed by atoms with Crippen molar-refractivity contribution in [3.8, 4) is 11.5 Å². The van der Waals surface area contributed by atoms with Crippen molar-refractivity contribution in [1.82, 2.24) is 5.32 Å². The van der Waals surface area contributed by atoms with Crippen molar-refractivity contribution in [3.63, 3.8) is 0 Å². The third-order valence-electron chi connectivity index (χ3n) is 3.36. The van der Waals surface area contributed by atoms with E-state index in [0.29, 0.717) is 13.2 Å². The molecule has 2 rings (SSSR count). The zero-order valence-electron chi connectivity index (χ0n) is 13.7. The summed E-state index contributed by atoms with van der Waals surface area (Å²) < 4.78 is 11.7. The van der Waals surface area contributed by atoms with Crippen molar-refractivity contribution in [2.75, 3.05) is 13.2 Å². The first-order chi connectivity index (χ1) is 10.7. The molecule has 0 saturated heterocycles. The standard InChI is InChI=1S/C19H25NO2/c1-4-20-13-16-9-10-18(19(12-16)21-5-2)22-14-17-8-6-7-15(3)11-17/h6-12,20H,4-5,13-14H2,1-3H3. The third kappa shape index (κ3) is 4.78. The van der Waals surface area contributed by atoms with Crippen molar-refractivity contribution in [1.29, 1.82) is 0 Å². The predicted molar refractivity (Wildman–Crippen MR) is 90.5 cm³/mol. The zero-order chi connectivity index (χ0) is 15.8. The second-order valence-electron chi connectivity index (χ2n) is 5.27. The topological polar surface area (TPSA) is 30.5 Å². The van der Waals surface area contributed by atoms with E-state index in [-0.39, 0.29) is 0 Å². The Morgan fingerprint density at radius 1 is 0.909 bits per heavy atom. The van der Waals surface area contributed by atoms with Crippen LogP contribution in [0.15, 0.2) is 42.5 Å². The summed E-state index contributed by atoms with van der Waals surface area (Å²) in [5.41, 5.74) is 3.61. The molecule has 22 heavy (non-hydrogen) atoms. The molecule has 2 aromatic rings. The molecule has 1 N–H and O–H groups in total. The van der Waals surface area contributed by atoms with Gasteiger partial charge in [0.25, 0.3) is 0 Å². The van der Waals surface area contributed by atoms with Crippen LogP contribution in [0.5, 0.6) is 11.5 Å². The van der Waals surface area contributed by atoms with Crippen molar-refractivity contribution < 1.29 is 9.47 Å². The molecule has 0 atom stereocenters. The summed E-state index contributed by atoms with van der Waals surface area (Å²) in [7, 11) is 0. The maximum atomic E-state index is 5.94. The molecule has 3 heteroatoms. The van der Waals surface area contributed by atoms with Crippen LogP contribution in [0.1, 0.15) is 30.5 Å². The lowest BCUT2D eigenvalue weighted by Crippen LogP contribution is -2.12. The highest BCUT2D eigenvalue weighted by molar-refractivity contribution is 5.43. The number of hydrogen-bond donors (Lipinski definition) is 1. The third-order valence-corrected chi connectivity index (χ3v) is 3.36. The fraction of sp³-hybridized carbons (Fsp3) is 0.368. The molecule has 0 spiro atoms. The molecule has 0 fully saturated rings. The van der Waals surface area contributed by atoms with Gasteiger partial charge in [0, 0.05) is 6.54 Å². The highest BCUT2D eigenvalue weighted by Crippen LogP contribution is 2.29. The number of aryl methyl sites for hydroxylation is 1. The van der Waals surface area contributed by atoms with Gasteiger partial charge in [-0.2, -0.15) is 0 Å². The summed E-state index contributed by atoms with van der Waals surface area (Å²) in [5.74, 6) is 1.61. The Bertz CT molecular complexity index is 596. The van der Waals surface area contributed by atoms with Gasteiger partial charge in [0.2, 0.25) is 0 Å². The molecule has 0 radical (unpaired) electrons. The number of rotatable bonds is 8. The molecule has 0 saturated carbocycles. The van der Waals surface area contributed by atoms with Crippen LogP contribution in [0.2, 0.25) is 0 Å². The summed E-state index contributed by atoms with van der Waals surface area (Å²) >= 11 is 0. The molecule has 0 aromatic heterocycles. The second-order valence-corrected chi connectivity index (χ2v) is 5.27. The second kappa shape index (κ2) is 8.44. The Hall–Kier alpha value is -2.00. The highest BCUT2D eigenvalue weighted by atomic mass is 16.5. The first kappa shape index (κ1) is 16.4. The maximum absolute atomic E-state index is 5.94. The van der Waals surface area contributed by atoms with Crippen molar-refractivity contribution in [2.24, 2.45) is 0 Å². The van der Waals surface area contributed by atoms with Crippen LogP contribution in [-0.2, 0) is 13.2 Å². The zero-order valence-corrected chi connectivity index (χ0v) is 13.7. The van der Waals surface area contributed by atoms with Crippen LogP contribution >= 0.6 is 0 Å². The van der Waals surface area contributed by atoms with E-state index in [1.807, 2.05) is 13.0 Å². The molecule has 3 nitrogen and oxygen atoms in total. The fourth-order valence-corrected chi connectivity index (χ4v) is 2.28. The first-order valence-electron chi connectivity index (χ1n) is 7.87. The molecule has 0 aliphatic carbocycles. The molecular weight excluding hydrogens is 274 g/mol. The van der Waals surface area contributed by atoms with Crippen molar-refractivity contribution in [2.45, 2.75) is 33.9 Å². The van der Waals surface area contributed by atoms with Gasteiger partial charge in [-0.05, 0) is 43.7 Å². The summed E-state index contributed by atoms with van der Waals surface area (Å²) in [4.78, 5) is 0. The lowest BCUT2D eigenvalue weighted by Gasteiger charge is -2.14. The monoisotopic (exact) mass is 299 g/mol. The van der Waals surface area contributed by atoms with E-state index in [1.54, 1.807) is 0 Å². The molecular formula is C19H25NO2. The Labute approximate surface area is 133 Å². The van der Waals surface area contributed by atoms with Gasteiger partial charge in [-0.25, -0.2) is 0 Å². The van der Waals surface area contributed by atoms with E-state index in [0.717, 1.165) is 24.6 Å². The van der Waals surface area contributed by atoms with Gasteiger partial charge in [-0.1, -0.05) is 42.8 Å². The van der Waals surface area contributed by atoms with Gasteiger partial charge in [0.15, 0.2) is 11.5 Å². The maximum Gasteiger partial charge on any atom is 0.161 e. The quantitative estimate of drug-likeness (QED) is 0.796. The van der Waals surface area contributed by atoms with E-state index < -0.39 is 0 Å². The molecule has 0 aliphatic heterocycles. The smallest absolute Gasteiger partial charge is 0.161 e. The van der Waals surface area contributed by atoms with Crippen LogP contribution in [0.25, 0.3) is 0 Å². The molecule has 0 aliphatic rings. The molecule has 0 unspecified atom stereocenters. The van der Waals surface area contributed by atoms with Crippen LogP contribution in [-0.4, -0.2) is 13.2 Å². The minimum absolute atomic E-state index is 0.550. The largest absolute Gasteiger partial charge is 0.490 e. The minimum Gasteiger partial charge on any atom is -0.490 e. The van der Waals surface area contributed by atoms with Gasteiger partial charge in [0.1, 0.15) is 6.61 Å². The van der Waals surface area contributed by atoms with Gasteiger partial charge in [-0.15, -0.1) is 0 Å². The average molecular weight is 299 g/mol. The van der Waals surface area contributed by atoms with E-state index in [2.05, 4.69) is 55.6 Å². The summed E-state index contributed by atoms with van der Waals surface area (Å²) in [6, 6.07) is 14.5. The summed E-state index contributed by atoms with van der Waals surface area (Å²) in [6.07, 6.45) is 0. The number of ether oxygens (including phenoxy) is 2. The lowest BCUT2D eigenvalue weighted by molar-refractivity contribution is 0.269. The Kier molecular flexibility index (Phi) is 6.28. The van der Waals surface area contributed by atoms with E-state index >= 15 is 0 Å². The van der Waals surface area contributed by atoms with Gasteiger partial charge in [0.05, 0.1) is 6.61 Å². The normalized spacial score (nSPS) is 10.5. The number of nitrogens with one attached hydrogen (secondary N) is 1. The van der Waals surface area contributed by atoms with Crippen molar-refractivity contribution in [3.05, 3.63) is 59.2 Å². The molecule has 0 amide bonds. The number of benzene rings is 2. The lowest BCUT2D eigenvalue weighted by atomic mass is 10.1. The van der Waals surface area contributed by atoms with E-state index in [1.165, 1.54) is 16.7 Å². The SMILES string of the molecule is CCNCc1ccc(OCc2cccc(C)c2)c(OCC)c1. The van der Waals surface area contributed by atoms with Gasteiger partial charge in [-0.3, -0.25) is 0 Å². The number of hydrogen-bond acceptors (Lipinski definition) is 3. The van der Waals surface area contributed by atoms with Crippen LogP contribution < -0.4 is 14.8 Å². The predicted octanol–water partition coefficient (Wildman–Crippen LogP) is 4.08. The Morgan fingerprint density at radius 2 is 1.77 bits per heavy atom. The van der Waals surface area contributed by atoms with Crippen LogP contribution in [0.3, 0.4) is 0 Å². The van der Waals surface area contributed by atoms with Crippen molar-refractivity contribution >= 4 is 0 Å². The minimum atomic E-state index is 0.550. The fourth-order valence-electron chi connectivity index (χ4n) is 2.28. The van der Waals surface area contributed by atoms with E-state index in [4.69, 9.17) is 9.47 Å². The Balaban J connectivity index is 2.08. The molecule has 0 heterocycles. The molecule has 118 valence electrons. The van der Waals surface area contributed by atoms with E-state index in [9.17, 15) is 0 Å². The Morgan fingerprint density at radius 3 is 2.50 bits per heavy atom. The average Bonchev–Trinajstić information content (AvgIpc) is 2.52. The van der Waals surface area contributed by atoms with Gasteiger partial charge >= 0.3 is 0 Å². The van der Waals surface area contributed by atoms with Gasteiger partial charge < -0.3 is 14.8 Å². The summed E-state index contributed by atoms with van der Waals surface area (Å²) in [5, 5.41) is 3.32.